The van der Waals surface area contributed by atoms with Crippen LogP contribution >= 0.6 is 23.2 Å². The van der Waals surface area contributed by atoms with Crippen LogP contribution in [0.5, 0.6) is 0 Å². The fraction of sp³-hybridized carbons (Fsp3) is 0.0476. The van der Waals surface area contributed by atoms with Crippen LogP contribution < -0.4 is 5.43 Å². The molecule has 0 fully saturated rings. The van der Waals surface area contributed by atoms with Crippen molar-refractivity contribution < 1.29 is 9.90 Å². The third-order valence-electron chi connectivity index (χ3n) is 4.07. The largest absolute Gasteiger partial charge is 0.372 e. The second-order valence-electron chi connectivity index (χ2n) is 5.78. The number of carbonyl (C=O) groups excluding carboxylic acids is 1. The molecule has 0 spiro atoms. The molecular formula is C21H16Cl2N2O2. The smallest absolute Gasteiger partial charge is 0.281 e. The molecule has 3 aromatic rings. The van der Waals surface area contributed by atoms with Crippen molar-refractivity contribution in [2.24, 2.45) is 5.10 Å². The first kappa shape index (κ1) is 19.1. The molecular weight excluding hydrogens is 383 g/mol. The van der Waals surface area contributed by atoms with Crippen molar-refractivity contribution in [3.05, 3.63) is 106 Å². The predicted molar refractivity (Wildman–Crippen MR) is 108 cm³/mol. The summed E-state index contributed by atoms with van der Waals surface area (Å²) in [6.45, 7) is 0. The SMILES string of the molecule is O=C(N/N=C/c1c(Cl)cccc1Cl)C(O)(c1ccccc1)c1ccccc1. The van der Waals surface area contributed by atoms with Gasteiger partial charge in [0.2, 0.25) is 0 Å². The van der Waals surface area contributed by atoms with Crippen molar-refractivity contribution in [3.8, 4) is 0 Å². The van der Waals surface area contributed by atoms with Crippen LogP contribution in [-0.2, 0) is 10.4 Å². The van der Waals surface area contributed by atoms with Gasteiger partial charge in [0, 0.05) is 5.56 Å². The molecule has 136 valence electrons. The molecule has 0 saturated heterocycles. The van der Waals surface area contributed by atoms with Crippen molar-refractivity contribution in [3.63, 3.8) is 0 Å². The van der Waals surface area contributed by atoms with E-state index in [-0.39, 0.29) is 0 Å². The molecule has 0 aliphatic heterocycles. The van der Waals surface area contributed by atoms with Gasteiger partial charge in [-0.3, -0.25) is 4.79 Å². The average molecular weight is 399 g/mol. The Bertz CT molecular complexity index is 901. The second kappa shape index (κ2) is 8.35. The van der Waals surface area contributed by atoms with Crippen LogP contribution in [0.4, 0.5) is 0 Å². The lowest BCUT2D eigenvalue weighted by atomic mass is 9.85. The number of benzene rings is 3. The number of hydrogen-bond donors (Lipinski definition) is 2. The third kappa shape index (κ3) is 4.03. The molecule has 3 rings (SSSR count). The number of carbonyl (C=O) groups is 1. The van der Waals surface area contributed by atoms with Gasteiger partial charge in [-0.05, 0) is 23.3 Å². The van der Waals surface area contributed by atoms with E-state index in [1.807, 2.05) is 12.1 Å². The summed E-state index contributed by atoms with van der Waals surface area (Å²) in [5, 5.41) is 16.0. The van der Waals surface area contributed by atoms with E-state index in [1.54, 1.807) is 66.7 Å². The molecule has 6 heteroatoms. The van der Waals surface area contributed by atoms with Crippen LogP contribution in [0.1, 0.15) is 16.7 Å². The minimum atomic E-state index is -1.90. The highest BCUT2D eigenvalue weighted by Crippen LogP contribution is 2.30. The molecule has 0 aromatic heterocycles. The second-order valence-corrected chi connectivity index (χ2v) is 6.59. The lowest BCUT2D eigenvalue weighted by Crippen LogP contribution is -2.43. The quantitative estimate of drug-likeness (QED) is 0.494. The zero-order chi connectivity index (χ0) is 19.3. The summed E-state index contributed by atoms with van der Waals surface area (Å²) in [7, 11) is 0. The molecule has 0 aliphatic rings. The first-order valence-corrected chi connectivity index (χ1v) is 8.90. The number of nitrogens with zero attached hydrogens (tertiary/aromatic N) is 1. The van der Waals surface area contributed by atoms with E-state index < -0.39 is 11.5 Å². The first-order valence-electron chi connectivity index (χ1n) is 8.14. The van der Waals surface area contributed by atoms with E-state index in [0.717, 1.165) is 0 Å². The van der Waals surface area contributed by atoms with E-state index >= 15 is 0 Å². The Morgan fingerprint density at radius 1 is 0.852 bits per heavy atom. The van der Waals surface area contributed by atoms with Crippen molar-refractivity contribution in [1.82, 2.24) is 5.43 Å². The van der Waals surface area contributed by atoms with Crippen LogP contribution in [-0.4, -0.2) is 17.2 Å². The van der Waals surface area contributed by atoms with Crippen LogP contribution in [0.25, 0.3) is 0 Å². The lowest BCUT2D eigenvalue weighted by molar-refractivity contribution is -0.136. The summed E-state index contributed by atoms with van der Waals surface area (Å²) in [5.74, 6) is -0.695. The van der Waals surface area contributed by atoms with Gasteiger partial charge in [0.25, 0.3) is 5.91 Å². The van der Waals surface area contributed by atoms with Crippen molar-refractivity contribution in [2.45, 2.75) is 5.60 Å². The Labute approximate surface area is 167 Å². The van der Waals surface area contributed by atoms with Gasteiger partial charge >= 0.3 is 0 Å². The maximum atomic E-state index is 12.9. The molecule has 3 aromatic carbocycles. The third-order valence-corrected chi connectivity index (χ3v) is 4.73. The molecule has 0 heterocycles. The van der Waals surface area contributed by atoms with Crippen LogP contribution in [0.15, 0.2) is 84.0 Å². The fourth-order valence-corrected chi connectivity index (χ4v) is 3.15. The van der Waals surface area contributed by atoms with Gasteiger partial charge < -0.3 is 5.11 Å². The Morgan fingerprint density at radius 3 is 1.81 bits per heavy atom. The maximum absolute atomic E-state index is 12.9. The highest BCUT2D eigenvalue weighted by Gasteiger charge is 2.39. The zero-order valence-corrected chi connectivity index (χ0v) is 15.7. The van der Waals surface area contributed by atoms with Crippen molar-refractivity contribution in [1.29, 1.82) is 0 Å². The summed E-state index contributed by atoms with van der Waals surface area (Å²) in [4.78, 5) is 12.9. The molecule has 27 heavy (non-hydrogen) atoms. The number of aliphatic hydroxyl groups is 1. The number of hydrogen-bond acceptors (Lipinski definition) is 3. The van der Waals surface area contributed by atoms with Crippen molar-refractivity contribution >= 4 is 35.3 Å². The van der Waals surface area contributed by atoms with Crippen molar-refractivity contribution in [2.75, 3.05) is 0 Å². The number of amides is 1. The maximum Gasteiger partial charge on any atom is 0.281 e. The molecule has 0 atom stereocenters. The fourth-order valence-electron chi connectivity index (χ4n) is 2.66. The van der Waals surface area contributed by atoms with Crippen LogP contribution in [0.3, 0.4) is 0 Å². The number of hydrazone groups is 1. The summed E-state index contributed by atoms with van der Waals surface area (Å²) in [6, 6.07) is 22.4. The molecule has 4 nitrogen and oxygen atoms in total. The average Bonchev–Trinajstić information content (AvgIpc) is 2.70. The van der Waals surface area contributed by atoms with Gasteiger partial charge in [0.05, 0.1) is 16.3 Å². The normalized spacial score (nSPS) is 11.5. The van der Waals surface area contributed by atoms with E-state index in [9.17, 15) is 9.90 Å². The summed E-state index contributed by atoms with van der Waals surface area (Å²) < 4.78 is 0. The number of rotatable bonds is 5. The van der Waals surface area contributed by atoms with Crippen LogP contribution in [0, 0.1) is 0 Å². The van der Waals surface area contributed by atoms with Crippen LogP contribution in [0.2, 0.25) is 10.0 Å². The monoisotopic (exact) mass is 398 g/mol. The summed E-state index contributed by atoms with van der Waals surface area (Å²) >= 11 is 12.2. The molecule has 0 bridgehead atoms. The summed E-state index contributed by atoms with van der Waals surface area (Å²) in [5.41, 5.74) is 1.82. The van der Waals surface area contributed by atoms with E-state index in [1.165, 1.54) is 6.21 Å². The van der Waals surface area contributed by atoms with E-state index in [2.05, 4.69) is 10.5 Å². The van der Waals surface area contributed by atoms with E-state index in [4.69, 9.17) is 23.2 Å². The van der Waals surface area contributed by atoms with Gasteiger partial charge in [-0.1, -0.05) is 89.9 Å². The lowest BCUT2D eigenvalue weighted by Gasteiger charge is -2.27. The highest BCUT2D eigenvalue weighted by atomic mass is 35.5. The van der Waals surface area contributed by atoms with Gasteiger partial charge in [-0.25, -0.2) is 5.43 Å². The minimum absolute atomic E-state index is 0.405. The van der Waals surface area contributed by atoms with Gasteiger partial charge in [-0.2, -0.15) is 5.10 Å². The summed E-state index contributed by atoms with van der Waals surface area (Å²) in [6.07, 6.45) is 1.35. The molecule has 2 N–H and O–H groups in total. The standard InChI is InChI=1S/C21H16Cl2N2O2/c22-18-12-7-13-19(23)17(18)14-24-25-20(26)21(27,15-8-3-1-4-9-15)16-10-5-2-6-11-16/h1-14,27H,(H,25,26)/b24-14+. The Morgan fingerprint density at radius 2 is 1.33 bits per heavy atom. The number of halogens is 2. The zero-order valence-electron chi connectivity index (χ0n) is 14.1. The molecule has 0 aliphatic carbocycles. The molecule has 1 amide bonds. The molecule has 0 saturated carbocycles. The molecule has 0 radical (unpaired) electrons. The van der Waals surface area contributed by atoms with Gasteiger partial charge in [0.15, 0.2) is 5.60 Å². The number of nitrogens with one attached hydrogen (secondary N) is 1. The van der Waals surface area contributed by atoms with Gasteiger partial charge in [0.1, 0.15) is 0 Å². The Hall–Kier alpha value is -2.66. The van der Waals surface area contributed by atoms with Gasteiger partial charge in [-0.15, -0.1) is 0 Å². The Balaban J connectivity index is 1.92. The predicted octanol–water partition coefficient (Wildman–Crippen LogP) is 4.38. The Kier molecular flexibility index (Phi) is 5.91. The topological polar surface area (TPSA) is 61.7 Å². The van der Waals surface area contributed by atoms with E-state index in [0.29, 0.717) is 26.7 Å². The first-order chi connectivity index (χ1) is 13.0. The highest BCUT2D eigenvalue weighted by molar-refractivity contribution is 6.38. The minimum Gasteiger partial charge on any atom is -0.372 e. The molecule has 0 unspecified atom stereocenters.